The summed E-state index contributed by atoms with van der Waals surface area (Å²) in [5, 5.41) is 13.3. The first kappa shape index (κ1) is 14.8. The molecule has 0 bridgehead atoms. The van der Waals surface area contributed by atoms with Crippen molar-refractivity contribution in [3.63, 3.8) is 0 Å². The fourth-order valence-electron chi connectivity index (χ4n) is 3.19. The third-order valence-electron chi connectivity index (χ3n) is 4.29. The zero-order chi connectivity index (χ0) is 16.7. The Morgan fingerprint density at radius 1 is 0.958 bits per heavy atom. The van der Waals surface area contributed by atoms with Crippen LogP contribution in [-0.4, -0.2) is 15.6 Å². The van der Waals surface area contributed by atoms with Crippen molar-refractivity contribution < 1.29 is 9.90 Å². The van der Waals surface area contributed by atoms with Crippen LogP contribution in [0.3, 0.4) is 0 Å². The van der Waals surface area contributed by atoms with Gasteiger partial charge in [-0.25, -0.2) is 4.79 Å². The minimum Gasteiger partial charge on any atom is -0.477 e. The molecule has 0 saturated carbocycles. The number of halogens is 1. The molecule has 1 N–H and O–H groups in total. The van der Waals surface area contributed by atoms with Crippen molar-refractivity contribution in [2.75, 3.05) is 0 Å². The van der Waals surface area contributed by atoms with E-state index in [0.717, 1.165) is 27.2 Å². The highest BCUT2D eigenvalue weighted by molar-refractivity contribution is 6.31. The first-order valence-electron chi connectivity index (χ1n) is 7.62. The van der Waals surface area contributed by atoms with Crippen molar-refractivity contribution in [2.24, 2.45) is 0 Å². The first-order chi connectivity index (χ1) is 11.6. The van der Waals surface area contributed by atoms with Gasteiger partial charge in [0.05, 0.1) is 0 Å². The molecule has 3 nitrogen and oxygen atoms in total. The van der Waals surface area contributed by atoms with E-state index in [0.29, 0.717) is 17.3 Å². The van der Waals surface area contributed by atoms with Gasteiger partial charge in [-0.3, -0.25) is 0 Å². The summed E-state index contributed by atoms with van der Waals surface area (Å²) in [5.74, 6) is -0.922. The molecule has 0 aliphatic heterocycles. The summed E-state index contributed by atoms with van der Waals surface area (Å²) in [6.07, 6.45) is 0. The van der Waals surface area contributed by atoms with E-state index in [1.165, 1.54) is 0 Å². The van der Waals surface area contributed by atoms with E-state index >= 15 is 0 Å². The lowest BCUT2D eigenvalue weighted by atomic mass is 10.0. The van der Waals surface area contributed by atoms with Gasteiger partial charge < -0.3 is 9.67 Å². The summed E-state index contributed by atoms with van der Waals surface area (Å²) in [7, 11) is 0. The molecule has 118 valence electrons. The fraction of sp³-hybridized carbons (Fsp3) is 0.0500. The SMILES string of the molecule is O=C(O)c1cc2ccccc2n1Cc1cccc2cc(Cl)ccc12. The maximum absolute atomic E-state index is 11.7. The normalized spacial score (nSPS) is 11.2. The molecule has 0 aliphatic carbocycles. The van der Waals surface area contributed by atoms with Crippen LogP contribution in [0.4, 0.5) is 0 Å². The number of aromatic nitrogens is 1. The number of aromatic carboxylic acids is 1. The fourth-order valence-corrected chi connectivity index (χ4v) is 3.37. The first-order valence-corrected chi connectivity index (χ1v) is 8.00. The van der Waals surface area contributed by atoms with Gasteiger partial charge in [0, 0.05) is 22.5 Å². The zero-order valence-corrected chi connectivity index (χ0v) is 13.5. The maximum Gasteiger partial charge on any atom is 0.352 e. The van der Waals surface area contributed by atoms with Crippen LogP contribution < -0.4 is 0 Å². The van der Waals surface area contributed by atoms with Crippen LogP contribution >= 0.6 is 11.6 Å². The van der Waals surface area contributed by atoms with E-state index in [9.17, 15) is 9.90 Å². The number of fused-ring (bicyclic) bond motifs is 2. The molecule has 0 atom stereocenters. The molecule has 4 rings (SSSR count). The highest BCUT2D eigenvalue weighted by Gasteiger charge is 2.15. The molecule has 0 spiro atoms. The van der Waals surface area contributed by atoms with Gasteiger partial charge in [0.2, 0.25) is 0 Å². The van der Waals surface area contributed by atoms with Crippen molar-refractivity contribution in [3.8, 4) is 0 Å². The molecule has 1 aromatic heterocycles. The lowest BCUT2D eigenvalue weighted by Crippen LogP contribution is -2.09. The van der Waals surface area contributed by atoms with Gasteiger partial charge in [-0.1, -0.05) is 54.1 Å². The Labute approximate surface area is 143 Å². The standard InChI is InChI=1S/C20H14ClNO2/c21-16-8-9-17-13(10-16)5-3-6-15(17)12-22-18-7-2-1-4-14(18)11-19(22)20(23)24/h1-11H,12H2,(H,23,24). The number of hydrogen-bond acceptors (Lipinski definition) is 1. The third kappa shape index (κ3) is 2.43. The van der Waals surface area contributed by atoms with Crippen LogP contribution in [0.5, 0.6) is 0 Å². The average Bonchev–Trinajstić information content (AvgIpc) is 2.94. The van der Waals surface area contributed by atoms with Gasteiger partial charge in [0.1, 0.15) is 5.69 Å². The van der Waals surface area contributed by atoms with E-state index in [-0.39, 0.29) is 0 Å². The van der Waals surface area contributed by atoms with Gasteiger partial charge in [0.15, 0.2) is 0 Å². The Morgan fingerprint density at radius 2 is 1.75 bits per heavy atom. The highest BCUT2D eigenvalue weighted by atomic mass is 35.5. The Bertz CT molecular complexity index is 1080. The summed E-state index contributed by atoms with van der Waals surface area (Å²) in [6, 6.07) is 21.2. The summed E-state index contributed by atoms with van der Waals surface area (Å²) in [5.41, 5.74) is 2.27. The van der Waals surface area contributed by atoms with Crippen LogP contribution in [0, 0.1) is 0 Å². The van der Waals surface area contributed by atoms with Crippen LogP contribution in [-0.2, 0) is 6.54 Å². The number of nitrogens with zero attached hydrogens (tertiary/aromatic N) is 1. The molecule has 0 aliphatic rings. The lowest BCUT2D eigenvalue weighted by Gasteiger charge is -2.11. The minimum absolute atomic E-state index is 0.294. The second kappa shape index (κ2) is 5.69. The molecular formula is C20H14ClNO2. The zero-order valence-electron chi connectivity index (χ0n) is 12.7. The van der Waals surface area contributed by atoms with Crippen molar-refractivity contribution in [1.82, 2.24) is 4.57 Å². The van der Waals surface area contributed by atoms with Crippen molar-refractivity contribution in [1.29, 1.82) is 0 Å². The van der Waals surface area contributed by atoms with E-state index in [4.69, 9.17) is 11.6 Å². The maximum atomic E-state index is 11.7. The Morgan fingerprint density at radius 3 is 2.58 bits per heavy atom. The molecule has 0 unspecified atom stereocenters. The largest absolute Gasteiger partial charge is 0.477 e. The van der Waals surface area contributed by atoms with E-state index < -0.39 is 5.97 Å². The molecule has 0 amide bonds. The number of rotatable bonds is 3. The van der Waals surface area contributed by atoms with Crippen LogP contribution in [0.1, 0.15) is 16.1 Å². The third-order valence-corrected chi connectivity index (χ3v) is 4.53. The number of carboxylic acids is 1. The lowest BCUT2D eigenvalue weighted by molar-refractivity contribution is 0.0686. The predicted molar refractivity (Wildman–Crippen MR) is 97.0 cm³/mol. The van der Waals surface area contributed by atoms with Gasteiger partial charge in [-0.2, -0.15) is 0 Å². The van der Waals surface area contributed by atoms with E-state index in [1.54, 1.807) is 6.07 Å². The topological polar surface area (TPSA) is 42.2 Å². The smallest absolute Gasteiger partial charge is 0.352 e. The number of carboxylic acid groups (broad SMARTS) is 1. The Hall–Kier alpha value is -2.78. The van der Waals surface area contributed by atoms with Gasteiger partial charge >= 0.3 is 5.97 Å². The van der Waals surface area contributed by atoms with E-state index in [2.05, 4.69) is 0 Å². The molecule has 3 aromatic carbocycles. The number of para-hydroxylation sites is 1. The molecule has 4 aromatic rings. The summed E-state index contributed by atoms with van der Waals surface area (Å²) in [6.45, 7) is 0.494. The number of carbonyl (C=O) groups is 1. The number of hydrogen-bond donors (Lipinski definition) is 1. The summed E-state index contributed by atoms with van der Waals surface area (Å²) < 4.78 is 1.85. The van der Waals surface area contributed by atoms with Crippen LogP contribution in [0.2, 0.25) is 5.02 Å². The molecule has 4 heteroatoms. The van der Waals surface area contributed by atoms with Crippen LogP contribution in [0.25, 0.3) is 21.7 Å². The Kier molecular flexibility index (Phi) is 3.51. The molecule has 24 heavy (non-hydrogen) atoms. The number of benzene rings is 3. The highest BCUT2D eigenvalue weighted by Crippen LogP contribution is 2.26. The van der Waals surface area contributed by atoms with E-state index in [1.807, 2.05) is 65.2 Å². The minimum atomic E-state index is -0.922. The van der Waals surface area contributed by atoms with Gasteiger partial charge in [-0.05, 0) is 40.6 Å². The van der Waals surface area contributed by atoms with Crippen molar-refractivity contribution >= 4 is 39.2 Å². The second-order valence-corrected chi connectivity index (χ2v) is 6.20. The monoisotopic (exact) mass is 335 g/mol. The second-order valence-electron chi connectivity index (χ2n) is 5.76. The predicted octanol–water partition coefficient (Wildman–Crippen LogP) is 5.19. The molecule has 0 radical (unpaired) electrons. The molecule has 0 saturated heterocycles. The quantitative estimate of drug-likeness (QED) is 0.559. The van der Waals surface area contributed by atoms with Crippen molar-refractivity contribution in [3.05, 3.63) is 83.0 Å². The van der Waals surface area contributed by atoms with Gasteiger partial charge in [-0.15, -0.1) is 0 Å². The molecule has 0 fully saturated rings. The molecular weight excluding hydrogens is 322 g/mol. The summed E-state index contributed by atoms with van der Waals surface area (Å²) in [4.78, 5) is 11.7. The Balaban J connectivity index is 1.91. The summed E-state index contributed by atoms with van der Waals surface area (Å²) >= 11 is 6.08. The van der Waals surface area contributed by atoms with Crippen LogP contribution in [0.15, 0.2) is 66.7 Å². The molecule has 1 heterocycles. The average molecular weight is 336 g/mol. The van der Waals surface area contributed by atoms with Crippen molar-refractivity contribution in [2.45, 2.75) is 6.54 Å². The van der Waals surface area contributed by atoms with Gasteiger partial charge in [0.25, 0.3) is 0 Å².